The summed E-state index contributed by atoms with van der Waals surface area (Å²) in [6.45, 7) is 3.74. The first-order chi connectivity index (χ1) is 14.7. The Morgan fingerprint density at radius 3 is 2.32 bits per heavy atom. The molecule has 1 aromatic carbocycles. The number of hydrogen-bond donors (Lipinski definition) is 2. The van der Waals surface area contributed by atoms with Crippen molar-refractivity contribution in [1.82, 2.24) is 20.4 Å². The van der Waals surface area contributed by atoms with E-state index in [2.05, 4.69) is 38.0 Å². The van der Waals surface area contributed by atoms with Crippen molar-refractivity contribution in [2.45, 2.75) is 18.9 Å². The molecule has 0 spiro atoms. The van der Waals surface area contributed by atoms with Crippen molar-refractivity contribution in [2.24, 2.45) is 4.99 Å². The van der Waals surface area contributed by atoms with Gasteiger partial charge in [0.25, 0.3) is 11.8 Å². The Bertz CT molecular complexity index is 893. The first-order valence-corrected chi connectivity index (χ1v) is 11.2. The number of amides is 2. The fourth-order valence-electron chi connectivity index (χ4n) is 4.09. The van der Waals surface area contributed by atoms with Crippen molar-refractivity contribution >= 4 is 53.1 Å². The normalized spacial score (nSPS) is 17.5. The lowest BCUT2D eigenvalue weighted by atomic mass is 10.1. The summed E-state index contributed by atoms with van der Waals surface area (Å²) in [5, 5.41) is 8.77. The largest absolute Gasteiger partial charge is 0.355 e. The molecule has 2 aliphatic rings. The number of rotatable bonds is 7. The van der Waals surface area contributed by atoms with Gasteiger partial charge in [-0.2, -0.15) is 0 Å². The predicted molar refractivity (Wildman–Crippen MR) is 134 cm³/mol. The second-order valence-electron chi connectivity index (χ2n) is 7.46. The van der Waals surface area contributed by atoms with E-state index >= 15 is 0 Å². The highest BCUT2D eigenvalue weighted by Gasteiger charge is 2.34. The van der Waals surface area contributed by atoms with Crippen LogP contribution in [0.3, 0.4) is 0 Å². The summed E-state index contributed by atoms with van der Waals surface area (Å²) in [7, 11) is 1.73. The van der Waals surface area contributed by atoms with Gasteiger partial charge in [-0.1, -0.05) is 18.2 Å². The lowest BCUT2D eigenvalue weighted by Crippen LogP contribution is -2.45. The van der Waals surface area contributed by atoms with Crippen molar-refractivity contribution < 1.29 is 9.59 Å². The molecule has 31 heavy (non-hydrogen) atoms. The molecule has 3 heterocycles. The van der Waals surface area contributed by atoms with Crippen molar-refractivity contribution in [3.63, 3.8) is 0 Å². The Morgan fingerprint density at radius 1 is 1.06 bits per heavy atom. The highest BCUT2D eigenvalue weighted by Crippen LogP contribution is 2.27. The molecule has 2 amide bonds. The third-order valence-corrected chi connectivity index (χ3v) is 6.62. The van der Waals surface area contributed by atoms with Crippen LogP contribution in [-0.2, 0) is 0 Å². The van der Waals surface area contributed by atoms with Gasteiger partial charge in [-0.05, 0) is 49.5 Å². The third-order valence-electron chi connectivity index (χ3n) is 5.65. The van der Waals surface area contributed by atoms with Crippen LogP contribution in [0.2, 0.25) is 0 Å². The quantitative estimate of drug-likeness (QED) is 0.239. The van der Waals surface area contributed by atoms with E-state index in [1.807, 2.05) is 0 Å². The average Bonchev–Trinajstić information content (AvgIpc) is 3.52. The smallest absolute Gasteiger partial charge is 0.261 e. The third kappa shape index (κ3) is 5.27. The molecule has 1 saturated heterocycles. The van der Waals surface area contributed by atoms with Gasteiger partial charge < -0.3 is 10.6 Å². The van der Waals surface area contributed by atoms with Gasteiger partial charge >= 0.3 is 0 Å². The van der Waals surface area contributed by atoms with E-state index in [9.17, 15) is 9.59 Å². The molecule has 2 aliphatic heterocycles. The summed E-state index contributed by atoms with van der Waals surface area (Å²) in [4.78, 5) is 34.4. The summed E-state index contributed by atoms with van der Waals surface area (Å²) in [5.41, 5.74) is 0.962. The number of benzene rings is 1. The summed E-state index contributed by atoms with van der Waals surface area (Å²) in [6, 6.07) is 11.6. The van der Waals surface area contributed by atoms with Gasteiger partial charge in [0.15, 0.2) is 5.96 Å². The lowest BCUT2D eigenvalue weighted by Gasteiger charge is -2.27. The van der Waals surface area contributed by atoms with Crippen LogP contribution in [0, 0.1) is 0 Å². The molecule has 2 N–H and O–H groups in total. The number of likely N-dealkylation sites (tertiary alicyclic amines) is 1. The zero-order valence-corrected chi connectivity index (χ0v) is 20.7. The van der Waals surface area contributed by atoms with Gasteiger partial charge in [0.2, 0.25) is 0 Å². The molecule has 0 bridgehead atoms. The number of fused-ring (bicyclic) bond motifs is 1. The minimum Gasteiger partial charge on any atom is -0.355 e. The minimum absolute atomic E-state index is 0. The SMILES string of the molecule is CN=C(NCCN1C(=O)c2ccccc2C1=O)NCC(c1cccs1)N1CCCC1.I. The number of carbonyl (C=O) groups excluding carboxylic acids is 2. The Hall–Kier alpha value is -1.98. The molecule has 0 radical (unpaired) electrons. The highest BCUT2D eigenvalue weighted by molar-refractivity contribution is 14.0. The maximum Gasteiger partial charge on any atom is 0.261 e. The van der Waals surface area contributed by atoms with Crippen LogP contribution in [0.4, 0.5) is 0 Å². The second kappa shape index (κ2) is 11.1. The molecule has 1 atom stereocenters. The Labute approximate surface area is 203 Å². The maximum atomic E-state index is 12.5. The number of halogens is 1. The van der Waals surface area contributed by atoms with E-state index < -0.39 is 0 Å². The summed E-state index contributed by atoms with van der Waals surface area (Å²) in [5.74, 6) is 0.214. The van der Waals surface area contributed by atoms with Crippen LogP contribution in [-0.4, -0.2) is 67.3 Å². The van der Waals surface area contributed by atoms with Gasteiger partial charge in [0, 0.05) is 31.6 Å². The average molecular weight is 553 g/mol. The zero-order chi connectivity index (χ0) is 20.9. The number of nitrogens with zero attached hydrogens (tertiary/aromatic N) is 3. The number of thiophene rings is 1. The Balaban J connectivity index is 0.00000272. The molecule has 4 rings (SSSR count). The molecule has 166 valence electrons. The first kappa shape index (κ1) is 23.7. The maximum absolute atomic E-state index is 12.5. The number of nitrogens with one attached hydrogen (secondary N) is 2. The number of guanidine groups is 1. The lowest BCUT2D eigenvalue weighted by molar-refractivity contribution is 0.0657. The number of carbonyl (C=O) groups is 2. The second-order valence-corrected chi connectivity index (χ2v) is 8.44. The molecule has 7 nitrogen and oxygen atoms in total. The van der Waals surface area contributed by atoms with E-state index in [-0.39, 0.29) is 35.8 Å². The topological polar surface area (TPSA) is 77.0 Å². The van der Waals surface area contributed by atoms with Crippen molar-refractivity contribution in [1.29, 1.82) is 0 Å². The van der Waals surface area contributed by atoms with E-state index in [0.717, 1.165) is 19.6 Å². The van der Waals surface area contributed by atoms with Gasteiger partial charge in [-0.15, -0.1) is 35.3 Å². The van der Waals surface area contributed by atoms with E-state index in [0.29, 0.717) is 36.2 Å². The number of imide groups is 1. The fourth-order valence-corrected chi connectivity index (χ4v) is 4.95. The molecule has 1 aromatic heterocycles. The predicted octanol–water partition coefficient (Wildman–Crippen LogP) is 2.96. The van der Waals surface area contributed by atoms with Crippen LogP contribution in [0.25, 0.3) is 0 Å². The van der Waals surface area contributed by atoms with Crippen molar-refractivity contribution in [2.75, 3.05) is 39.8 Å². The molecule has 0 aliphatic carbocycles. The number of aliphatic imine (C=N–C) groups is 1. The molecular formula is C22H28IN5O2S. The molecule has 1 fully saturated rings. The minimum atomic E-state index is -0.230. The summed E-state index contributed by atoms with van der Waals surface area (Å²) in [6.07, 6.45) is 2.49. The highest BCUT2D eigenvalue weighted by atomic mass is 127. The van der Waals surface area contributed by atoms with Crippen molar-refractivity contribution in [3.05, 3.63) is 57.8 Å². The van der Waals surface area contributed by atoms with Crippen molar-refractivity contribution in [3.8, 4) is 0 Å². The zero-order valence-electron chi connectivity index (χ0n) is 17.5. The van der Waals surface area contributed by atoms with E-state index in [4.69, 9.17) is 0 Å². The fraction of sp³-hybridized carbons (Fsp3) is 0.409. The summed E-state index contributed by atoms with van der Waals surface area (Å²) >= 11 is 1.78. The molecule has 9 heteroatoms. The molecule has 2 aromatic rings. The molecule has 0 saturated carbocycles. The van der Waals surface area contributed by atoms with Gasteiger partial charge in [-0.3, -0.25) is 24.4 Å². The Kier molecular flexibility index (Phi) is 8.44. The monoisotopic (exact) mass is 553 g/mol. The van der Waals surface area contributed by atoms with Crippen LogP contribution >= 0.6 is 35.3 Å². The van der Waals surface area contributed by atoms with Crippen LogP contribution in [0.5, 0.6) is 0 Å². The van der Waals surface area contributed by atoms with Gasteiger partial charge in [0.05, 0.1) is 17.2 Å². The van der Waals surface area contributed by atoms with Gasteiger partial charge in [-0.25, -0.2) is 0 Å². The van der Waals surface area contributed by atoms with E-state index in [1.54, 1.807) is 42.6 Å². The Morgan fingerprint density at radius 2 is 1.74 bits per heavy atom. The standard InChI is InChI=1S/C22H27N5O2S.HI/c1-23-22(25-15-18(19-9-6-14-30-19)26-11-4-5-12-26)24-10-13-27-20(28)16-7-2-3-8-17(16)21(27)29;/h2-3,6-9,14,18H,4-5,10-13,15H2,1H3,(H2,23,24,25);1H. The van der Waals surface area contributed by atoms with Crippen LogP contribution < -0.4 is 10.6 Å². The first-order valence-electron chi connectivity index (χ1n) is 10.4. The summed E-state index contributed by atoms with van der Waals surface area (Å²) < 4.78 is 0. The molecule has 1 unspecified atom stereocenters. The van der Waals surface area contributed by atoms with Crippen LogP contribution in [0.15, 0.2) is 46.8 Å². The molecular weight excluding hydrogens is 525 g/mol. The van der Waals surface area contributed by atoms with E-state index in [1.165, 1.54) is 22.6 Å². The number of hydrogen-bond acceptors (Lipinski definition) is 5. The van der Waals surface area contributed by atoms with Crippen LogP contribution in [0.1, 0.15) is 44.5 Å². The van der Waals surface area contributed by atoms with Gasteiger partial charge in [0.1, 0.15) is 0 Å².